The van der Waals surface area contributed by atoms with E-state index in [0.717, 1.165) is 0 Å². The highest BCUT2D eigenvalue weighted by Gasteiger charge is 2.31. The summed E-state index contributed by atoms with van der Waals surface area (Å²) in [5.41, 5.74) is -0.684. The lowest BCUT2D eigenvalue weighted by Crippen LogP contribution is -2.42. The van der Waals surface area contributed by atoms with Crippen molar-refractivity contribution in [2.24, 2.45) is 0 Å². The van der Waals surface area contributed by atoms with E-state index in [1.54, 1.807) is 12.1 Å². The molecule has 6 heteroatoms. The van der Waals surface area contributed by atoms with Gasteiger partial charge in [0.25, 0.3) is 0 Å². The Balaban J connectivity index is 2.76. The molecule has 0 aromatic heterocycles. The van der Waals surface area contributed by atoms with E-state index in [2.05, 4.69) is 10.1 Å². The number of aliphatic hydroxyl groups is 1. The monoisotopic (exact) mass is 268 g/mol. The molecule has 2 N–H and O–H groups in total. The number of methoxy groups -OCH3 is 1. The van der Waals surface area contributed by atoms with E-state index in [1.807, 2.05) is 6.07 Å². The van der Waals surface area contributed by atoms with E-state index in [0.29, 0.717) is 16.3 Å². The first-order valence-electron chi connectivity index (χ1n) is 5.15. The summed E-state index contributed by atoms with van der Waals surface area (Å²) in [6, 6.07) is 6.65. The maximum atomic E-state index is 11.3. The van der Waals surface area contributed by atoms with Crippen LogP contribution in [0.2, 0.25) is 5.02 Å². The fourth-order valence-corrected chi connectivity index (χ4v) is 1.53. The number of anilines is 1. The van der Waals surface area contributed by atoms with Gasteiger partial charge in [0.1, 0.15) is 0 Å². The number of hydrogen-bond donors (Lipinski definition) is 2. The summed E-state index contributed by atoms with van der Waals surface area (Å²) in [4.78, 5) is 11.3. The van der Waals surface area contributed by atoms with Gasteiger partial charge < -0.3 is 15.2 Å². The third-order valence-corrected chi connectivity index (χ3v) is 2.66. The van der Waals surface area contributed by atoms with Crippen molar-refractivity contribution >= 4 is 23.3 Å². The van der Waals surface area contributed by atoms with Crippen LogP contribution in [0.4, 0.5) is 5.69 Å². The second-order valence-electron chi connectivity index (χ2n) is 3.93. The molecule has 1 aromatic carbocycles. The van der Waals surface area contributed by atoms with Crippen molar-refractivity contribution in [1.29, 1.82) is 5.26 Å². The third kappa shape index (κ3) is 3.36. The highest BCUT2D eigenvalue weighted by atomic mass is 35.5. The molecule has 0 fully saturated rings. The molecule has 0 aliphatic heterocycles. The van der Waals surface area contributed by atoms with Gasteiger partial charge in [-0.1, -0.05) is 11.6 Å². The lowest BCUT2D eigenvalue weighted by Gasteiger charge is -2.21. The van der Waals surface area contributed by atoms with Gasteiger partial charge in [-0.15, -0.1) is 0 Å². The van der Waals surface area contributed by atoms with Crippen LogP contribution in [0.5, 0.6) is 0 Å². The summed E-state index contributed by atoms with van der Waals surface area (Å²) in [7, 11) is 1.20. The zero-order chi connectivity index (χ0) is 13.8. The largest absolute Gasteiger partial charge is 0.467 e. The van der Waals surface area contributed by atoms with Crippen LogP contribution < -0.4 is 5.32 Å². The van der Waals surface area contributed by atoms with Crippen LogP contribution in [-0.2, 0) is 9.53 Å². The smallest absolute Gasteiger partial charge is 0.339 e. The number of ether oxygens (including phenoxy) is 1. The maximum absolute atomic E-state index is 11.3. The van der Waals surface area contributed by atoms with Gasteiger partial charge in [-0.05, 0) is 25.1 Å². The lowest BCUT2D eigenvalue weighted by molar-refractivity contribution is -0.158. The molecule has 0 aliphatic rings. The van der Waals surface area contributed by atoms with Gasteiger partial charge in [0.05, 0.1) is 36.0 Å². The number of hydrogen-bond acceptors (Lipinski definition) is 5. The molecule has 0 saturated heterocycles. The van der Waals surface area contributed by atoms with Gasteiger partial charge in [0.2, 0.25) is 0 Å². The Kier molecular flexibility index (Phi) is 4.54. The number of benzene rings is 1. The molecule has 0 spiro atoms. The quantitative estimate of drug-likeness (QED) is 0.810. The number of rotatable bonds is 4. The van der Waals surface area contributed by atoms with Gasteiger partial charge >= 0.3 is 5.97 Å². The predicted octanol–water partition coefficient (Wildman–Crippen LogP) is 1.55. The van der Waals surface area contributed by atoms with Crippen LogP contribution in [0.3, 0.4) is 0 Å². The normalized spacial score (nSPS) is 13.3. The van der Waals surface area contributed by atoms with Gasteiger partial charge in [0.15, 0.2) is 5.60 Å². The SMILES string of the molecule is COC(=O)C(C)(O)CNc1ccc(C#N)cc1Cl. The second-order valence-corrected chi connectivity index (χ2v) is 4.33. The van der Waals surface area contributed by atoms with E-state index in [4.69, 9.17) is 16.9 Å². The Labute approximate surface area is 110 Å². The van der Waals surface area contributed by atoms with Crippen molar-refractivity contribution in [3.8, 4) is 6.07 Å². The Morgan fingerprint density at radius 2 is 2.33 bits per heavy atom. The predicted molar refractivity (Wildman–Crippen MR) is 67.3 cm³/mol. The fourth-order valence-electron chi connectivity index (χ4n) is 1.29. The lowest BCUT2D eigenvalue weighted by atomic mass is 10.1. The molecule has 5 nitrogen and oxygen atoms in total. The summed E-state index contributed by atoms with van der Waals surface area (Å²) in [6.45, 7) is 1.29. The number of esters is 1. The first-order chi connectivity index (χ1) is 8.40. The standard InChI is InChI=1S/C12H13ClN2O3/c1-12(17,11(16)18-2)7-15-10-4-3-8(6-14)5-9(10)13/h3-5,15,17H,7H2,1-2H3. The van der Waals surface area contributed by atoms with Crippen molar-refractivity contribution < 1.29 is 14.6 Å². The summed E-state index contributed by atoms with van der Waals surface area (Å²) in [6.07, 6.45) is 0. The molecule has 96 valence electrons. The molecule has 0 saturated carbocycles. The van der Waals surface area contributed by atoms with Gasteiger partial charge in [-0.3, -0.25) is 0 Å². The molecule has 0 heterocycles. The average molecular weight is 269 g/mol. The Bertz CT molecular complexity index is 495. The van der Waals surface area contributed by atoms with Crippen LogP contribution in [0.15, 0.2) is 18.2 Å². The molecule has 0 amide bonds. The highest BCUT2D eigenvalue weighted by Crippen LogP contribution is 2.23. The van der Waals surface area contributed by atoms with E-state index in [-0.39, 0.29) is 6.54 Å². The summed E-state index contributed by atoms with van der Waals surface area (Å²) in [5.74, 6) is -0.736. The van der Waals surface area contributed by atoms with Gasteiger partial charge in [-0.2, -0.15) is 5.26 Å². The maximum Gasteiger partial charge on any atom is 0.339 e. The number of halogens is 1. The minimum Gasteiger partial charge on any atom is -0.467 e. The number of nitriles is 1. The zero-order valence-electron chi connectivity index (χ0n) is 10.0. The van der Waals surface area contributed by atoms with Crippen LogP contribution >= 0.6 is 11.6 Å². The van der Waals surface area contributed by atoms with E-state index in [1.165, 1.54) is 20.1 Å². The third-order valence-electron chi connectivity index (χ3n) is 2.35. The van der Waals surface area contributed by atoms with Crippen molar-refractivity contribution in [3.63, 3.8) is 0 Å². The first-order valence-corrected chi connectivity index (χ1v) is 5.53. The molecule has 1 aromatic rings. The topological polar surface area (TPSA) is 82.3 Å². The molecule has 1 atom stereocenters. The number of carbonyl (C=O) groups is 1. The van der Waals surface area contributed by atoms with Crippen molar-refractivity contribution in [1.82, 2.24) is 0 Å². The number of carbonyl (C=O) groups excluding carboxylic acids is 1. The van der Waals surface area contributed by atoms with Crippen LogP contribution in [0, 0.1) is 11.3 Å². The van der Waals surface area contributed by atoms with Gasteiger partial charge in [0, 0.05) is 0 Å². The molecular weight excluding hydrogens is 256 g/mol. The summed E-state index contributed by atoms with van der Waals surface area (Å²) < 4.78 is 4.47. The highest BCUT2D eigenvalue weighted by molar-refractivity contribution is 6.33. The molecule has 1 rings (SSSR count). The molecule has 1 unspecified atom stereocenters. The fraction of sp³-hybridized carbons (Fsp3) is 0.333. The van der Waals surface area contributed by atoms with Crippen molar-refractivity contribution in [2.75, 3.05) is 19.0 Å². The van der Waals surface area contributed by atoms with Crippen molar-refractivity contribution in [3.05, 3.63) is 28.8 Å². The summed E-state index contributed by atoms with van der Waals surface area (Å²) in [5, 5.41) is 21.7. The number of nitrogens with one attached hydrogen (secondary N) is 1. The Hall–Kier alpha value is -1.77. The molecule has 0 radical (unpaired) electrons. The Morgan fingerprint density at radius 3 is 2.83 bits per heavy atom. The van der Waals surface area contributed by atoms with E-state index >= 15 is 0 Å². The molecular formula is C12H13ClN2O3. The number of nitrogens with zero attached hydrogens (tertiary/aromatic N) is 1. The zero-order valence-corrected chi connectivity index (χ0v) is 10.8. The molecule has 18 heavy (non-hydrogen) atoms. The van der Waals surface area contributed by atoms with Crippen molar-refractivity contribution in [2.45, 2.75) is 12.5 Å². The van der Waals surface area contributed by atoms with Crippen LogP contribution in [-0.4, -0.2) is 30.3 Å². The molecule has 0 aliphatic carbocycles. The summed E-state index contributed by atoms with van der Waals surface area (Å²) >= 11 is 5.94. The average Bonchev–Trinajstić information content (AvgIpc) is 2.36. The van der Waals surface area contributed by atoms with Crippen LogP contribution in [0.25, 0.3) is 0 Å². The Morgan fingerprint density at radius 1 is 1.67 bits per heavy atom. The van der Waals surface area contributed by atoms with Gasteiger partial charge in [-0.25, -0.2) is 4.79 Å². The van der Waals surface area contributed by atoms with Crippen LogP contribution in [0.1, 0.15) is 12.5 Å². The van der Waals surface area contributed by atoms with E-state index < -0.39 is 11.6 Å². The first kappa shape index (κ1) is 14.3. The molecule has 0 bridgehead atoms. The minimum absolute atomic E-state index is 0.0503. The minimum atomic E-state index is -1.65. The second kappa shape index (κ2) is 5.71. The van der Waals surface area contributed by atoms with E-state index in [9.17, 15) is 9.90 Å².